The molecule has 0 saturated heterocycles. The van der Waals surface area contributed by atoms with Crippen LogP contribution in [0.4, 0.5) is 5.69 Å². The molecule has 112 valence electrons. The van der Waals surface area contributed by atoms with Crippen LogP contribution in [0.2, 0.25) is 0 Å². The normalized spacial score (nSPS) is 12.5. The molecule has 0 radical (unpaired) electrons. The third-order valence-corrected chi connectivity index (χ3v) is 3.37. The van der Waals surface area contributed by atoms with E-state index in [4.69, 9.17) is 9.47 Å². The Morgan fingerprint density at radius 1 is 1.27 bits per heavy atom. The number of nitrogens with one attached hydrogen (secondary N) is 1. The van der Waals surface area contributed by atoms with Gasteiger partial charge in [-0.3, -0.25) is 4.79 Å². The van der Waals surface area contributed by atoms with Gasteiger partial charge in [-0.1, -0.05) is 12.1 Å². The number of anilines is 1. The zero-order valence-electron chi connectivity index (χ0n) is 12.1. The quantitative estimate of drug-likeness (QED) is 0.881. The van der Waals surface area contributed by atoms with Gasteiger partial charge in [-0.15, -0.1) is 0 Å². The van der Waals surface area contributed by atoms with Crippen LogP contribution in [0, 0.1) is 0 Å². The van der Waals surface area contributed by atoms with Gasteiger partial charge in [-0.05, 0) is 37.3 Å². The molecule has 0 saturated carbocycles. The van der Waals surface area contributed by atoms with Crippen LogP contribution in [0.15, 0.2) is 42.5 Å². The van der Waals surface area contributed by atoms with Crippen molar-refractivity contribution in [1.82, 2.24) is 0 Å². The maximum Gasteiger partial charge on any atom is 0.338 e. The van der Waals surface area contributed by atoms with E-state index in [9.17, 15) is 9.59 Å². The Morgan fingerprint density at radius 3 is 2.91 bits per heavy atom. The fraction of sp³-hybridized carbons (Fsp3) is 0.176. The van der Waals surface area contributed by atoms with E-state index in [1.165, 1.54) is 0 Å². The summed E-state index contributed by atoms with van der Waals surface area (Å²) in [4.78, 5) is 23.8. The van der Waals surface area contributed by atoms with Crippen LogP contribution in [0.1, 0.15) is 33.2 Å². The van der Waals surface area contributed by atoms with Gasteiger partial charge in [0, 0.05) is 11.3 Å². The molecular weight excluding hydrogens is 282 g/mol. The van der Waals surface area contributed by atoms with Gasteiger partial charge in [0.1, 0.15) is 12.4 Å². The number of esters is 1. The lowest BCUT2D eigenvalue weighted by Gasteiger charge is -2.10. The van der Waals surface area contributed by atoms with Crippen molar-refractivity contribution in [2.24, 2.45) is 0 Å². The Labute approximate surface area is 127 Å². The summed E-state index contributed by atoms with van der Waals surface area (Å²) in [5.74, 6) is -0.0361. The molecule has 5 heteroatoms. The molecule has 0 unspecified atom stereocenters. The molecule has 1 aliphatic heterocycles. The van der Waals surface area contributed by atoms with E-state index >= 15 is 0 Å². The number of fused-ring (bicyclic) bond motifs is 1. The molecule has 1 aliphatic rings. The fourth-order valence-electron chi connectivity index (χ4n) is 2.35. The van der Waals surface area contributed by atoms with E-state index in [1.807, 2.05) is 13.0 Å². The van der Waals surface area contributed by atoms with Crippen molar-refractivity contribution in [3.05, 3.63) is 59.2 Å². The summed E-state index contributed by atoms with van der Waals surface area (Å²) >= 11 is 0. The lowest BCUT2D eigenvalue weighted by molar-refractivity contribution is 0.0535. The molecular formula is C17H15NO4. The maximum atomic E-state index is 12.4. The van der Waals surface area contributed by atoms with Crippen molar-refractivity contribution in [1.29, 1.82) is 0 Å². The highest BCUT2D eigenvalue weighted by molar-refractivity contribution is 6.06. The highest BCUT2D eigenvalue weighted by atomic mass is 16.5. The van der Waals surface area contributed by atoms with Crippen LogP contribution in [-0.4, -0.2) is 18.5 Å². The molecule has 0 fully saturated rings. The molecule has 0 spiro atoms. The number of carbonyl (C=O) groups excluding carboxylic acids is 2. The summed E-state index contributed by atoms with van der Waals surface area (Å²) in [6.07, 6.45) is 0. The topological polar surface area (TPSA) is 64.6 Å². The second-order valence-corrected chi connectivity index (χ2v) is 4.83. The number of hydrogen-bond donors (Lipinski definition) is 1. The van der Waals surface area contributed by atoms with E-state index in [0.717, 1.165) is 5.56 Å². The Kier molecular flexibility index (Phi) is 3.78. The summed E-state index contributed by atoms with van der Waals surface area (Å²) in [5, 5.41) is 2.82. The highest BCUT2D eigenvalue weighted by Crippen LogP contribution is 2.25. The molecule has 1 heterocycles. The lowest BCUT2D eigenvalue weighted by Crippen LogP contribution is -2.13. The number of hydrogen-bond acceptors (Lipinski definition) is 4. The Morgan fingerprint density at radius 2 is 2.09 bits per heavy atom. The molecule has 1 amide bonds. The van der Waals surface area contributed by atoms with Crippen LogP contribution < -0.4 is 10.1 Å². The van der Waals surface area contributed by atoms with Crippen molar-refractivity contribution in [3.63, 3.8) is 0 Å². The third-order valence-electron chi connectivity index (χ3n) is 3.37. The van der Waals surface area contributed by atoms with Crippen molar-refractivity contribution >= 4 is 17.6 Å². The summed E-state index contributed by atoms with van der Waals surface area (Å²) < 4.78 is 10.4. The van der Waals surface area contributed by atoms with Crippen LogP contribution in [0.3, 0.4) is 0 Å². The largest absolute Gasteiger partial charge is 0.493 e. The summed E-state index contributed by atoms with van der Waals surface area (Å²) in [6.45, 7) is 2.60. The Balaban J connectivity index is 1.82. The molecule has 1 N–H and O–H groups in total. The lowest BCUT2D eigenvalue weighted by atomic mass is 10.1. The molecule has 0 aliphatic carbocycles. The van der Waals surface area contributed by atoms with Crippen LogP contribution >= 0.6 is 0 Å². The average Bonchev–Trinajstić information content (AvgIpc) is 2.89. The van der Waals surface area contributed by atoms with E-state index in [2.05, 4.69) is 5.32 Å². The molecule has 22 heavy (non-hydrogen) atoms. The van der Waals surface area contributed by atoms with Crippen LogP contribution in [0.5, 0.6) is 5.75 Å². The molecule has 3 rings (SSSR count). The molecule has 0 atom stereocenters. The van der Waals surface area contributed by atoms with E-state index in [0.29, 0.717) is 29.2 Å². The maximum absolute atomic E-state index is 12.4. The third kappa shape index (κ3) is 2.65. The van der Waals surface area contributed by atoms with Gasteiger partial charge in [0.2, 0.25) is 0 Å². The second kappa shape index (κ2) is 5.89. The first-order valence-corrected chi connectivity index (χ1v) is 7.02. The molecule has 0 bridgehead atoms. The number of benzene rings is 2. The minimum Gasteiger partial charge on any atom is -0.493 e. The summed E-state index contributed by atoms with van der Waals surface area (Å²) in [7, 11) is 0. The van der Waals surface area contributed by atoms with Gasteiger partial charge >= 0.3 is 5.97 Å². The molecule has 5 nitrogen and oxygen atoms in total. The zero-order valence-corrected chi connectivity index (χ0v) is 12.1. The Bertz CT molecular complexity index is 739. The minimum atomic E-state index is -0.324. The number of cyclic esters (lactones) is 1. The van der Waals surface area contributed by atoms with E-state index in [1.54, 1.807) is 36.4 Å². The predicted molar refractivity (Wildman–Crippen MR) is 81.1 cm³/mol. The van der Waals surface area contributed by atoms with Gasteiger partial charge in [0.25, 0.3) is 5.91 Å². The van der Waals surface area contributed by atoms with Crippen LogP contribution in [-0.2, 0) is 11.3 Å². The van der Waals surface area contributed by atoms with E-state index in [-0.39, 0.29) is 18.5 Å². The van der Waals surface area contributed by atoms with Crippen molar-refractivity contribution in [2.75, 3.05) is 11.9 Å². The number of rotatable bonds is 4. The second-order valence-electron chi connectivity index (χ2n) is 4.83. The summed E-state index contributed by atoms with van der Waals surface area (Å²) in [5.41, 5.74) is 2.42. The minimum absolute atomic E-state index is 0.243. The van der Waals surface area contributed by atoms with Crippen molar-refractivity contribution in [3.8, 4) is 5.75 Å². The Hall–Kier alpha value is -2.82. The molecule has 0 aromatic heterocycles. The van der Waals surface area contributed by atoms with Crippen LogP contribution in [0.25, 0.3) is 0 Å². The number of para-hydroxylation sites is 1. The van der Waals surface area contributed by atoms with Gasteiger partial charge in [-0.2, -0.15) is 0 Å². The smallest absolute Gasteiger partial charge is 0.338 e. The molecule has 2 aromatic rings. The number of carbonyl (C=O) groups is 2. The highest BCUT2D eigenvalue weighted by Gasteiger charge is 2.21. The van der Waals surface area contributed by atoms with Gasteiger partial charge in [0.05, 0.1) is 17.7 Å². The first kappa shape index (κ1) is 14.1. The van der Waals surface area contributed by atoms with Gasteiger partial charge < -0.3 is 14.8 Å². The summed E-state index contributed by atoms with van der Waals surface area (Å²) in [6, 6.07) is 12.2. The van der Waals surface area contributed by atoms with Gasteiger partial charge in [-0.25, -0.2) is 4.79 Å². The predicted octanol–water partition coefficient (Wildman–Crippen LogP) is 3.01. The number of ether oxygens (including phenoxy) is 2. The monoisotopic (exact) mass is 297 g/mol. The zero-order chi connectivity index (χ0) is 15.5. The fourth-order valence-corrected chi connectivity index (χ4v) is 2.35. The van der Waals surface area contributed by atoms with Gasteiger partial charge in [0.15, 0.2) is 0 Å². The standard InChI is InChI=1S/C17H15NO4/c1-2-21-15-6-4-3-5-14(15)16(19)18-12-7-8-13-11(9-12)10-22-17(13)20/h3-9H,2,10H2,1H3,(H,18,19). The first-order chi connectivity index (χ1) is 10.7. The van der Waals surface area contributed by atoms with Crippen molar-refractivity contribution in [2.45, 2.75) is 13.5 Å². The first-order valence-electron chi connectivity index (χ1n) is 7.02. The molecule has 2 aromatic carbocycles. The van der Waals surface area contributed by atoms with E-state index < -0.39 is 0 Å². The average molecular weight is 297 g/mol. The number of amides is 1. The van der Waals surface area contributed by atoms with Crippen molar-refractivity contribution < 1.29 is 19.1 Å². The SMILES string of the molecule is CCOc1ccccc1C(=O)Nc1ccc2c(c1)COC2=O.